The van der Waals surface area contributed by atoms with Crippen LogP contribution in [-0.2, 0) is 6.18 Å². The van der Waals surface area contributed by atoms with E-state index in [1.54, 1.807) is 49.4 Å². The lowest BCUT2D eigenvalue weighted by molar-refractivity contribution is -0.136. The van der Waals surface area contributed by atoms with Crippen LogP contribution in [0, 0.1) is 0 Å². The van der Waals surface area contributed by atoms with Gasteiger partial charge in [0.2, 0.25) is 0 Å². The molecule has 0 atom stereocenters. The third kappa shape index (κ3) is 3.37. The lowest BCUT2D eigenvalue weighted by Gasteiger charge is -2.21. The number of halogens is 3. The molecular formula is C19H17F3N2O2. The van der Waals surface area contributed by atoms with E-state index in [9.17, 15) is 13.2 Å². The van der Waals surface area contributed by atoms with Gasteiger partial charge in [0.1, 0.15) is 17.3 Å². The van der Waals surface area contributed by atoms with Crippen molar-refractivity contribution in [1.82, 2.24) is 4.98 Å². The van der Waals surface area contributed by atoms with E-state index in [0.29, 0.717) is 17.2 Å². The molecule has 0 bridgehead atoms. The molecule has 1 aromatic heterocycles. The zero-order valence-electron chi connectivity index (χ0n) is 14.5. The van der Waals surface area contributed by atoms with E-state index >= 15 is 0 Å². The number of aromatic nitrogens is 1. The van der Waals surface area contributed by atoms with Crippen LogP contribution < -0.4 is 14.4 Å². The number of hydrogen-bond acceptors (Lipinski definition) is 4. The number of ether oxygens (including phenoxy) is 2. The van der Waals surface area contributed by atoms with Gasteiger partial charge in [0.25, 0.3) is 0 Å². The van der Waals surface area contributed by atoms with Crippen LogP contribution >= 0.6 is 0 Å². The molecule has 3 aromatic rings. The number of alkyl halides is 3. The maximum absolute atomic E-state index is 13.6. The van der Waals surface area contributed by atoms with Gasteiger partial charge in [-0.15, -0.1) is 0 Å². The van der Waals surface area contributed by atoms with Gasteiger partial charge in [-0.3, -0.25) is 0 Å². The minimum atomic E-state index is -4.51. The van der Waals surface area contributed by atoms with Gasteiger partial charge >= 0.3 is 6.18 Å². The molecule has 0 radical (unpaired) electrons. The first-order valence-electron chi connectivity index (χ1n) is 7.77. The van der Waals surface area contributed by atoms with Crippen molar-refractivity contribution in [3.63, 3.8) is 0 Å². The molecule has 0 aliphatic heterocycles. The minimum Gasteiger partial charge on any atom is -0.497 e. The second kappa shape index (κ2) is 6.74. The molecule has 0 aliphatic carbocycles. The first-order chi connectivity index (χ1) is 12.3. The fraction of sp³-hybridized carbons (Fsp3) is 0.211. The maximum Gasteiger partial charge on any atom is 0.417 e. The highest BCUT2D eigenvalue weighted by atomic mass is 19.4. The van der Waals surface area contributed by atoms with E-state index in [-0.39, 0.29) is 16.7 Å². The van der Waals surface area contributed by atoms with Gasteiger partial charge in [-0.2, -0.15) is 13.2 Å². The molecule has 4 nitrogen and oxygen atoms in total. The largest absolute Gasteiger partial charge is 0.497 e. The average Bonchev–Trinajstić information content (AvgIpc) is 2.65. The van der Waals surface area contributed by atoms with Crippen LogP contribution in [0.2, 0.25) is 0 Å². The van der Waals surface area contributed by atoms with Crippen LogP contribution in [0.1, 0.15) is 5.56 Å². The summed E-state index contributed by atoms with van der Waals surface area (Å²) in [6, 6.07) is 12.5. The minimum absolute atomic E-state index is 0.00345. The zero-order valence-corrected chi connectivity index (χ0v) is 14.5. The van der Waals surface area contributed by atoms with Crippen LogP contribution in [0.25, 0.3) is 10.9 Å². The first kappa shape index (κ1) is 17.8. The Balaban J connectivity index is 2.13. The normalized spacial score (nSPS) is 11.5. The molecule has 0 fully saturated rings. The van der Waals surface area contributed by atoms with Gasteiger partial charge in [0, 0.05) is 18.1 Å². The molecule has 136 valence electrons. The fourth-order valence-corrected chi connectivity index (χ4v) is 2.66. The van der Waals surface area contributed by atoms with Crippen molar-refractivity contribution in [1.29, 1.82) is 0 Å². The molecule has 3 rings (SSSR count). The Kier molecular flexibility index (Phi) is 4.63. The average molecular weight is 362 g/mol. The fourth-order valence-electron chi connectivity index (χ4n) is 2.66. The summed E-state index contributed by atoms with van der Waals surface area (Å²) in [6.07, 6.45) is -4.51. The number of benzene rings is 2. The number of fused-ring (bicyclic) bond motifs is 1. The predicted octanol–water partition coefficient (Wildman–Crippen LogP) is 5.04. The van der Waals surface area contributed by atoms with E-state index in [0.717, 1.165) is 6.07 Å². The summed E-state index contributed by atoms with van der Waals surface area (Å²) in [5.74, 6) is 1.21. The molecule has 0 aliphatic rings. The van der Waals surface area contributed by atoms with Gasteiger partial charge in [0.05, 0.1) is 25.3 Å². The van der Waals surface area contributed by atoms with Gasteiger partial charge < -0.3 is 14.4 Å². The van der Waals surface area contributed by atoms with E-state index in [4.69, 9.17) is 9.47 Å². The number of pyridine rings is 1. The Bertz CT molecular complexity index is 924. The first-order valence-corrected chi connectivity index (χ1v) is 7.77. The summed E-state index contributed by atoms with van der Waals surface area (Å²) >= 11 is 0. The van der Waals surface area contributed by atoms with Gasteiger partial charge in [-0.25, -0.2) is 4.98 Å². The van der Waals surface area contributed by atoms with Gasteiger partial charge in [-0.05, 0) is 48.5 Å². The van der Waals surface area contributed by atoms with E-state index in [1.165, 1.54) is 19.2 Å². The Morgan fingerprint density at radius 2 is 1.50 bits per heavy atom. The monoisotopic (exact) mass is 362 g/mol. The smallest absolute Gasteiger partial charge is 0.417 e. The highest BCUT2D eigenvalue weighted by molar-refractivity contribution is 5.86. The summed E-state index contributed by atoms with van der Waals surface area (Å²) in [4.78, 5) is 5.98. The Hall–Kier alpha value is -2.96. The van der Waals surface area contributed by atoms with Crippen molar-refractivity contribution < 1.29 is 22.6 Å². The van der Waals surface area contributed by atoms with E-state index < -0.39 is 11.7 Å². The number of anilines is 2. The number of rotatable bonds is 4. The van der Waals surface area contributed by atoms with Crippen molar-refractivity contribution >= 4 is 22.4 Å². The van der Waals surface area contributed by atoms with Crippen molar-refractivity contribution in [3.05, 3.63) is 54.1 Å². The number of hydrogen-bond donors (Lipinski definition) is 0. The molecule has 1 heterocycles. The summed E-state index contributed by atoms with van der Waals surface area (Å²) in [7, 11) is 4.63. The van der Waals surface area contributed by atoms with Crippen molar-refractivity contribution in [2.75, 3.05) is 26.2 Å². The van der Waals surface area contributed by atoms with Gasteiger partial charge in [0.15, 0.2) is 0 Å². The molecule has 0 unspecified atom stereocenters. The SMILES string of the molecule is COc1ccc(N(C)c2cc(C(F)(F)F)c3cc(OC)ccc3n2)cc1. The van der Waals surface area contributed by atoms with Crippen LogP contribution in [0.5, 0.6) is 11.5 Å². The van der Waals surface area contributed by atoms with Crippen molar-refractivity contribution in [2.45, 2.75) is 6.18 Å². The molecule has 0 saturated heterocycles. The Morgan fingerprint density at radius 1 is 0.885 bits per heavy atom. The summed E-state index contributed by atoms with van der Waals surface area (Å²) in [5.41, 5.74) is 0.187. The summed E-state index contributed by atoms with van der Waals surface area (Å²) in [5, 5.41) is 0.00345. The topological polar surface area (TPSA) is 34.6 Å². The molecule has 2 aromatic carbocycles. The third-order valence-corrected chi connectivity index (χ3v) is 4.11. The summed E-state index contributed by atoms with van der Waals surface area (Å²) < 4.78 is 50.9. The molecule has 0 N–H and O–H groups in total. The number of nitrogens with zero attached hydrogens (tertiary/aromatic N) is 2. The highest BCUT2D eigenvalue weighted by Gasteiger charge is 2.34. The predicted molar refractivity (Wildman–Crippen MR) is 94.4 cm³/mol. The van der Waals surface area contributed by atoms with Crippen molar-refractivity contribution in [2.24, 2.45) is 0 Å². The van der Waals surface area contributed by atoms with Crippen LogP contribution in [-0.4, -0.2) is 26.3 Å². The Labute approximate surface area is 148 Å². The van der Waals surface area contributed by atoms with Crippen LogP contribution in [0.4, 0.5) is 24.7 Å². The van der Waals surface area contributed by atoms with Gasteiger partial charge in [-0.1, -0.05) is 0 Å². The molecule has 0 saturated carbocycles. The second-order valence-electron chi connectivity index (χ2n) is 5.67. The molecule has 0 spiro atoms. The van der Waals surface area contributed by atoms with Crippen LogP contribution in [0.15, 0.2) is 48.5 Å². The highest BCUT2D eigenvalue weighted by Crippen LogP contribution is 2.38. The number of methoxy groups -OCH3 is 2. The van der Waals surface area contributed by atoms with E-state index in [2.05, 4.69) is 4.98 Å². The maximum atomic E-state index is 13.6. The third-order valence-electron chi connectivity index (χ3n) is 4.11. The zero-order chi connectivity index (χ0) is 18.9. The molecule has 7 heteroatoms. The quantitative estimate of drug-likeness (QED) is 0.651. The molecule has 26 heavy (non-hydrogen) atoms. The van der Waals surface area contributed by atoms with Crippen molar-refractivity contribution in [3.8, 4) is 11.5 Å². The molecule has 0 amide bonds. The summed E-state index contributed by atoms with van der Waals surface area (Å²) in [6.45, 7) is 0. The van der Waals surface area contributed by atoms with E-state index in [1.807, 2.05) is 0 Å². The standard InChI is InChI=1S/C19H17F3N2O2/c1-24(12-4-6-13(25-2)7-5-12)18-11-16(19(20,21)22)15-10-14(26-3)8-9-17(15)23-18/h4-11H,1-3H3. The Morgan fingerprint density at radius 3 is 2.08 bits per heavy atom. The second-order valence-corrected chi connectivity index (χ2v) is 5.67. The molecular weight excluding hydrogens is 345 g/mol. The lowest BCUT2D eigenvalue weighted by atomic mass is 10.1. The van der Waals surface area contributed by atoms with Crippen LogP contribution in [0.3, 0.4) is 0 Å². The lowest BCUT2D eigenvalue weighted by Crippen LogP contribution is -2.14.